The van der Waals surface area contributed by atoms with Crippen LogP contribution in [0.25, 0.3) is 26.9 Å². The molecular formula is C35H30ClF7N10O5S2. The van der Waals surface area contributed by atoms with Gasteiger partial charge in [0.2, 0.25) is 15.9 Å². The maximum absolute atomic E-state index is 15.4. The van der Waals surface area contributed by atoms with E-state index in [1.54, 1.807) is 0 Å². The van der Waals surface area contributed by atoms with Crippen LogP contribution in [0.15, 0.2) is 35.1 Å². The molecule has 0 bridgehead atoms. The third-order valence-corrected chi connectivity index (χ3v) is 11.8. The van der Waals surface area contributed by atoms with Crippen LogP contribution in [0.4, 0.5) is 41.7 Å². The molecule has 2 aliphatic carbocycles. The van der Waals surface area contributed by atoms with E-state index in [-0.39, 0.29) is 73.9 Å². The van der Waals surface area contributed by atoms with Crippen LogP contribution in [0.2, 0.25) is 5.02 Å². The molecule has 4 aromatic heterocycles. The summed E-state index contributed by atoms with van der Waals surface area (Å²) in [5, 5.41) is 13.4. The predicted octanol–water partition coefficient (Wildman–Crippen LogP) is 5.61. The van der Waals surface area contributed by atoms with Crippen LogP contribution in [0.5, 0.6) is 0 Å². The highest BCUT2D eigenvalue weighted by molar-refractivity contribution is 7.92. The number of halogens is 8. The Morgan fingerprint density at radius 3 is 2.52 bits per heavy atom. The average molecular weight is 903 g/mol. The van der Waals surface area contributed by atoms with Crippen molar-refractivity contribution in [3.05, 3.63) is 85.7 Å². The van der Waals surface area contributed by atoms with Crippen LogP contribution in [0.1, 0.15) is 46.7 Å². The minimum atomic E-state index is -5.12. The number of ether oxygens (including phenoxy) is 1. The number of sulfonamides is 1. The fourth-order valence-electron chi connectivity index (χ4n) is 7.62. The van der Waals surface area contributed by atoms with Crippen molar-refractivity contribution < 1.29 is 48.7 Å². The minimum absolute atomic E-state index is 0.00133. The molecule has 0 radical (unpaired) electrons. The van der Waals surface area contributed by atoms with Gasteiger partial charge in [0, 0.05) is 44.7 Å². The number of aromatic nitrogens is 7. The normalized spacial score (nSPS) is 17.5. The monoisotopic (exact) mass is 902 g/mol. The number of alkyl halides is 5. The zero-order valence-electron chi connectivity index (χ0n) is 31.2. The second-order valence-electron chi connectivity index (χ2n) is 14.3. The summed E-state index contributed by atoms with van der Waals surface area (Å²) in [5.41, 5.74) is -4.28. The van der Waals surface area contributed by atoms with Gasteiger partial charge in [-0.1, -0.05) is 22.9 Å². The molecule has 0 unspecified atom stereocenters. The number of hydrogen-bond acceptors (Lipinski definition) is 11. The predicted molar refractivity (Wildman–Crippen MR) is 204 cm³/mol. The molecule has 0 spiro atoms. The van der Waals surface area contributed by atoms with Crippen LogP contribution in [0.3, 0.4) is 0 Å². The quantitative estimate of drug-likeness (QED) is 0.0974. The van der Waals surface area contributed by atoms with Gasteiger partial charge in [-0.15, -0.1) is 0 Å². The van der Waals surface area contributed by atoms with Crippen LogP contribution in [-0.2, 0) is 51.7 Å². The molecule has 15 nitrogen and oxygen atoms in total. The van der Waals surface area contributed by atoms with E-state index in [1.165, 1.54) is 31.0 Å². The molecule has 25 heteroatoms. The third kappa shape index (κ3) is 7.42. The maximum atomic E-state index is 15.4. The number of rotatable bonds is 13. The smallest absolute Gasteiger partial charge is 0.383 e. The first kappa shape index (κ1) is 41.4. The zero-order chi connectivity index (χ0) is 43.2. The number of anilines is 2. The van der Waals surface area contributed by atoms with Gasteiger partial charge in [-0.25, -0.2) is 22.2 Å². The largest absolute Gasteiger partial charge is 0.435 e. The molecule has 2 aliphatic rings. The number of hydrogen-bond donors (Lipinski definition) is 3. The first-order chi connectivity index (χ1) is 28.2. The van der Waals surface area contributed by atoms with E-state index in [0.29, 0.717) is 10.7 Å². The van der Waals surface area contributed by atoms with Gasteiger partial charge in [-0.05, 0) is 42.2 Å². The topological polar surface area (TPSA) is 180 Å². The van der Waals surface area contributed by atoms with Crippen molar-refractivity contribution in [2.24, 2.45) is 13.0 Å². The van der Waals surface area contributed by atoms with Crippen molar-refractivity contribution in [3.63, 3.8) is 0 Å². The second kappa shape index (κ2) is 14.7. The van der Waals surface area contributed by atoms with Gasteiger partial charge in [-0.3, -0.25) is 28.2 Å². The molecule has 1 fully saturated rings. The Morgan fingerprint density at radius 2 is 1.85 bits per heavy atom. The molecule has 0 aliphatic heterocycles. The Hall–Kier alpha value is -5.33. The molecule has 1 saturated carbocycles. The number of aryl methyl sites for hydroxylation is 1. The molecule has 3 N–H and O–H groups in total. The number of carbonyl (C=O) groups is 1. The number of amides is 1. The van der Waals surface area contributed by atoms with Crippen molar-refractivity contribution in [2.75, 3.05) is 36.6 Å². The Balaban J connectivity index is 1.32. The molecular weight excluding hydrogens is 873 g/mol. The third-order valence-electron chi connectivity index (χ3n) is 9.98. The number of methoxy groups -OCH3 is 1. The van der Waals surface area contributed by atoms with Crippen LogP contribution in [-0.4, -0.2) is 74.9 Å². The van der Waals surface area contributed by atoms with E-state index in [2.05, 4.69) is 35.5 Å². The number of nitrogens with one attached hydrogen (secondary N) is 3. The summed E-state index contributed by atoms with van der Waals surface area (Å²) in [4.78, 5) is 37.8. The van der Waals surface area contributed by atoms with E-state index in [0.717, 1.165) is 34.3 Å². The van der Waals surface area contributed by atoms with Crippen molar-refractivity contribution in [2.45, 2.75) is 43.4 Å². The highest BCUT2D eigenvalue weighted by atomic mass is 35.5. The van der Waals surface area contributed by atoms with Gasteiger partial charge in [0.15, 0.2) is 22.3 Å². The second-order valence-corrected chi connectivity index (χ2v) is 17.4. The van der Waals surface area contributed by atoms with Gasteiger partial charge < -0.3 is 15.4 Å². The standard InChI is InChI=1S/C35H30ClF7N10O5S2/c1-51-25-21(5-4-19(36)24(25)29(49-51)50-60(3,56)57)53-31(46-30-26(32(53)55)59-33(47-30)44-6-7-58-2)20(10-14-8-15(37)11-16(38)9-14)45-22(54)13-52-28-23(27(48-52)35(41,42)43)17-12-18(17)34(28,39)40/h4-5,8-9,11,17-18,20H,6-7,10,12-13H2,1-3H3,(H,44,47)(H,45,54)(H,49,50)/t17-,18+,20-/m0/s1. The van der Waals surface area contributed by atoms with Crippen molar-refractivity contribution in [1.82, 2.24) is 39.4 Å². The molecule has 8 rings (SSSR count). The summed E-state index contributed by atoms with van der Waals surface area (Å²) in [7, 11) is -1.04. The Bertz CT molecular complexity index is 2890. The summed E-state index contributed by atoms with van der Waals surface area (Å²) >= 11 is 7.47. The van der Waals surface area contributed by atoms with Crippen molar-refractivity contribution in [3.8, 4) is 5.69 Å². The summed E-state index contributed by atoms with van der Waals surface area (Å²) in [5.74, 6) is -9.99. The lowest BCUT2D eigenvalue weighted by atomic mass is 10.0. The first-order valence-electron chi connectivity index (χ1n) is 17.8. The summed E-state index contributed by atoms with van der Waals surface area (Å²) < 4.78 is 137. The van der Waals surface area contributed by atoms with Crippen LogP contribution in [0, 0.1) is 17.6 Å². The zero-order valence-corrected chi connectivity index (χ0v) is 33.6. The van der Waals surface area contributed by atoms with Crippen molar-refractivity contribution >= 4 is 71.1 Å². The van der Waals surface area contributed by atoms with Gasteiger partial charge in [0.05, 0.1) is 40.5 Å². The molecule has 2 aromatic carbocycles. The Kier molecular flexibility index (Phi) is 10.1. The maximum Gasteiger partial charge on any atom is 0.435 e. The van der Waals surface area contributed by atoms with Crippen molar-refractivity contribution in [1.29, 1.82) is 0 Å². The SMILES string of the molecule is COCCNc1nc2nc([C@H](Cc3cc(F)cc(F)c3)NC(=O)Cn3nc(C(F)(F)F)c4c3C(F)(F)[C@@H]3C[C@H]43)n(-c3ccc(Cl)c4c(NS(C)(=O)=O)nn(C)c34)c(=O)c2s1. The van der Waals surface area contributed by atoms with E-state index in [9.17, 15) is 40.0 Å². The number of fused-ring (bicyclic) bond motifs is 5. The molecule has 3 atom stereocenters. The number of thiazole rings is 1. The van der Waals surface area contributed by atoms with E-state index < -0.39 is 93.0 Å². The Morgan fingerprint density at radius 1 is 1.13 bits per heavy atom. The highest BCUT2D eigenvalue weighted by Gasteiger charge is 2.68. The fraction of sp³-hybridized carbons (Fsp3) is 0.371. The van der Waals surface area contributed by atoms with E-state index in [1.807, 2.05) is 0 Å². The van der Waals surface area contributed by atoms with E-state index in [4.69, 9.17) is 16.3 Å². The lowest BCUT2D eigenvalue weighted by Gasteiger charge is -2.23. The minimum Gasteiger partial charge on any atom is -0.383 e. The number of nitrogens with zero attached hydrogens (tertiary/aromatic N) is 7. The number of carbonyl (C=O) groups excluding carboxylic acids is 1. The first-order valence-corrected chi connectivity index (χ1v) is 20.8. The lowest BCUT2D eigenvalue weighted by molar-refractivity contribution is -0.142. The lowest BCUT2D eigenvalue weighted by Crippen LogP contribution is -2.38. The highest BCUT2D eigenvalue weighted by Crippen LogP contribution is 2.68. The van der Waals surface area contributed by atoms with Gasteiger partial charge in [-0.2, -0.15) is 37.1 Å². The molecule has 318 valence electrons. The summed E-state index contributed by atoms with van der Waals surface area (Å²) in [6, 6.07) is 3.54. The average Bonchev–Trinajstić information content (AvgIpc) is 3.38. The number of benzene rings is 2. The van der Waals surface area contributed by atoms with E-state index >= 15 is 8.78 Å². The van der Waals surface area contributed by atoms with Crippen LogP contribution < -0.4 is 20.9 Å². The van der Waals surface area contributed by atoms with Gasteiger partial charge in [0.1, 0.15) is 34.4 Å². The molecule has 0 saturated heterocycles. The summed E-state index contributed by atoms with van der Waals surface area (Å²) in [6.45, 7) is -0.648. The Labute approximate surface area is 342 Å². The molecule has 6 aromatic rings. The molecule has 60 heavy (non-hydrogen) atoms. The summed E-state index contributed by atoms with van der Waals surface area (Å²) in [6.07, 6.45) is -4.95. The van der Waals surface area contributed by atoms with Gasteiger partial charge in [0.25, 0.3) is 11.5 Å². The van der Waals surface area contributed by atoms with Gasteiger partial charge >= 0.3 is 6.18 Å². The fourth-order valence-corrected chi connectivity index (χ4v) is 9.22. The van der Waals surface area contributed by atoms with Crippen LogP contribution >= 0.6 is 22.9 Å². The molecule has 1 amide bonds. The molecule has 4 heterocycles.